The topological polar surface area (TPSA) is 96.0 Å². The van der Waals surface area contributed by atoms with Crippen LogP contribution >= 0.6 is 0 Å². The van der Waals surface area contributed by atoms with Gasteiger partial charge in [0, 0.05) is 6.54 Å². The number of hydrogen-bond acceptors (Lipinski definition) is 5. The summed E-state index contributed by atoms with van der Waals surface area (Å²) in [6.07, 6.45) is 0. The summed E-state index contributed by atoms with van der Waals surface area (Å²) >= 11 is 0. The van der Waals surface area contributed by atoms with Crippen LogP contribution in [0.1, 0.15) is 22.6 Å². The first-order valence-corrected chi connectivity index (χ1v) is 7.34. The molecule has 0 fully saturated rings. The number of nitriles is 1. The highest BCUT2D eigenvalue weighted by atomic mass is 32.2. The SMILES string of the molecule is Cc1noc(C)c1S(=O)(=O)NCc1ccc(C#N)cc1. The van der Waals surface area contributed by atoms with Crippen molar-refractivity contribution in [2.45, 2.75) is 25.3 Å². The Bertz CT molecular complexity index is 736. The van der Waals surface area contributed by atoms with E-state index in [4.69, 9.17) is 9.78 Å². The Balaban J connectivity index is 2.15. The molecule has 0 radical (unpaired) electrons. The zero-order chi connectivity index (χ0) is 14.8. The van der Waals surface area contributed by atoms with E-state index in [0.29, 0.717) is 11.3 Å². The predicted molar refractivity (Wildman–Crippen MR) is 71.2 cm³/mol. The second-order valence-electron chi connectivity index (χ2n) is 4.29. The van der Waals surface area contributed by atoms with Gasteiger partial charge in [-0.2, -0.15) is 5.26 Å². The molecule has 0 aliphatic carbocycles. The average molecular weight is 291 g/mol. The lowest BCUT2D eigenvalue weighted by Crippen LogP contribution is -2.24. The van der Waals surface area contributed by atoms with Crippen LogP contribution in [0, 0.1) is 25.2 Å². The lowest BCUT2D eigenvalue weighted by Gasteiger charge is -2.06. The molecule has 0 atom stereocenters. The number of rotatable bonds is 4. The lowest BCUT2D eigenvalue weighted by molar-refractivity contribution is 0.390. The third-order valence-electron chi connectivity index (χ3n) is 2.79. The van der Waals surface area contributed by atoms with Crippen molar-refractivity contribution >= 4 is 10.0 Å². The van der Waals surface area contributed by atoms with Crippen molar-refractivity contribution < 1.29 is 12.9 Å². The van der Waals surface area contributed by atoms with Gasteiger partial charge in [-0.05, 0) is 31.5 Å². The fraction of sp³-hybridized carbons (Fsp3) is 0.231. The van der Waals surface area contributed by atoms with Crippen molar-refractivity contribution in [3.05, 3.63) is 46.8 Å². The molecule has 1 aromatic heterocycles. The number of hydrogen-bond donors (Lipinski definition) is 1. The summed E-state index contributed by atoms with van der Waals surface area (Å²) in [5.41, 5.74) is 1.62. The number of nitrogens with one attached hydrogen (secondary N) is 1. The summed E-state index contributed by atoms with van der Waals surface area (Å²) in [4.78, 5) is 0.0751. The largest absolute Gasteiger partial charge is 0.360 e. The first-order valence-electron chi connectivity index (χ1n) is 5.85. The molecule has 2 aromatic rings. The third-order valence-corrected chi connectivity index (χ3v) is 4.43. The molecule has 1 aromatic carbocycles. The van der Waals surface area contributed by atoms with Gasteiger partial charge in [0.05, 0.1) is 11.6 Å². The van der Waals surface area contributed by atoms with Crippen LogP contribution in [0.3, 0.4) is 0 Å². The van der Waals surface area contributed by atoms with E-state index in [1.165, 1.54) is 0 Å². The number of aryl methyl sites for hydroxylation is 2. The highest BCUT2D eigenvalue weighted by Gasteiger charge is 2.23. The second-order valence-corrected chi connectivity index (χ2v) is 5.99. The van der Waals surface area contributed by atoms with Crippen LogP contribution in [0.25, 0.3) is 0 Å². The van der Waals surface area contributed by atoms with Crippen molar-refractivity contribution in [3.63, 3.8) is 0 Å². The molecule has 2 rings (SSSR count). The molecular weight excluding hydrogens is 278 g/mol. The van der Waals surface area contributed by atoms with Crippen LogP contribution in [-0.2, 0) is 16.6 Å². The molecular formula is C13H13N3O3S. The first-order chi connectivity index (χ1) is 9.44. The van der Waals surface area contributed by atoms with Crippen LogP contribution in [0.2, 0.25) is 0 Å². The molecule has 0 aliphatic rings. The summed E-state index contributed by atoms with van der Waals surface area (Å²) < 4.78 is 31.7. The quantitative estimate of drug-likeness (QED) is 0.923. The van der Waals surface area contributed by atoms with Gasteiger partial charge in [0.1, 0.15) is 10.6 Å². The van der Waals surface area contributed by atoms with Gasteiger partial charge in [0.15, 0.2) is 5.76 Å². The van der Waals surface area contributed by atoms with Gasteiger partial charge >= 0.3 is 0 Å². The maximum Gasteiger partial charge on any atom is 0.246 e. The van der Waals surface area contributed by atoms with E-state index in [2.05, 4.69) is 9.88 Å². The fourth-order valence-electron chi connectivity index (χ4n) is 1.81. The minimum absolute atomic E-state index is 0.0751. The minimum atomic E-state index is -3.66. The highest BCUT2D eigenvalue weighted by molar-refractivity contribution is 7.89. The van der Waals surface area contributed by atoms with Gasteiger partial charge in [0.2, 0.25) is 10.0 Å². The van der Waals surface area contributed by atoms with Crippen molar-refractivity contribution in [3.8, 4) is 6.07 Å². The Morgan fingerprint density at radius 1 is 1.30 bits per heavy atom. The third kappa shape index (κ3) is 2.87. The standard InChI is InChI=1S/C13H13N3O3S/c1-9-13(10(2)19-16-9)20(17,18)15-8-12-5-3-11(7-14)4-6-12/h3-6,15H,8H2,1-2H3. The molecule has 0 bridgehead atoms. The molecule has 0 saturated carbocycles. The Morgan fingerprint density at radius 3 is 2.45 bits per heavy atom. The monoisotopic (exact) mass is 291 g/mol. The first kappa shape index (κ1) is 14.2. The Hall–Kier alpha value is -2.17. The zero-order valence-electron chi connectivity index (χ0n) is 11.0. The van der Waals surface area contributed by atoms with Gasteiger partial charge < -0.3 is 4.52 Å². The van der Waals surface area contributed by atoms with Gasteiger partial charge in [0.25, 0.3) is 0 Å². The van der Waals surface area contributed by atoms with Gasteiger partial charge in [-0.3, -0.25) is 0 Å². The van der Waals surface area contributed by atoms with Crippen molar-refractivity contribution in [1.29, 1.82) is 5.26 Å². The van der Waals surface area contributed by atoms with E-state index in [1.807, 2.05) is 6.07 Å². The van der Waals surface area contributed by atoms with Gasteiger partial charge in [-0.1, -0.05) is 17.3 Å². The predicted octanol–water partition coefficient (Wildman–Crippen LogP) is 1.64. The van der Waals surface area contributed by atoms with Crippen molar-refractivity contribution in [2.75, 3.05) is 0 Å². The van der Waals surface area contributed by atoms with Gasteiger partial charge in [-0.25, -0.2) is 13.1 Å². The smallest absolute Gasteiger partial charge is 0.246 e. The molecule has 0 saturated heterocycles. The Labute approximate surface area is 117 Å². The van der Waals surface area contributed by atoms with Crippen LogP contribution in [-0.4, -0.2) is 13.6 Å². The van der Waals surface area contributed by atoms with E-state index in [9.17, 15) is 8.42 Å². The molecule has 1 N–H and O–H groups in total. The molecule has 104 valence electrons. The normalized spacial score (nSPS) is 11.2. The van der Waals surface area contributed by atoms with Crippen LogP contribution in [0.4, 0.5) is 0 Å². The Kier molecular flexibility index (Phi) is 3.88. The number of aromatic nitrogens is 1. The second kappa shape index (κ2) is 5.45. The maximum atomic E-state index is 12.2. The van der Waals surface area contributed by atoms with E-state index in [1.54, 1.807) is 38.1 Å². The number of nitrogens with zero attached hydrogens (tertiary/aromatic N) is 2. The van der Waals surface area contributed by atoms with E-state index in [-0.39, 0.29) is 17.2 Å². The molecule has 20 heavy (non-hydrogen) atoms. The van der Waals surface area contributed by atoms with E-state index in [0.717, 1.165) is 5.56 Å². The molecule has 6 nitrogen and oxygen atoms in total. The molecule has 1 heterocycles. The molecule has 0 spiro atoms. The van der Waals surface area contributed by atoms with E-state index >= 15 is 0 Å². The minimum Gasteiger partial charge on any atom is -0.360 e. The molecule has 0 aliphatic heterocycles. The molecule has 7 heteroatoms. The van der Waals surface area contributed by atoms with Gasteiger partial charge in [-0.15, -0.1) is 0 Å². The summed E-state index contributed by atoms with van der Waals surface area (Å²) in [5.74, 6) is 0.259. The fourth-order valence-corrected chi connectivity index (χ4v) is 3.15. The molecule has 0 unspecified atom stereocenters. The average Bonchev–Trinajstić information content (AvgIpc) is 2.77. The lowest BCUT2D eigenvalue weighted by atomic mass is 10.1. The summed E-state index contributed by atoms with van der Waals surface area (Å²) in [6, 6.07) is 8.69. The van der Waals surface area contributed by atoms with Crippen LogP contribution in [0.15, 0.2) is 33.7 Å². The number of sulfonamides is 1. The maximum absolute atomic E-state index is 12.2. The Morgan fingerprint density at radius 2 is 1.95 bits per heavy atom. The summed E-state index contributed by atoms with van der Waals surface area (Å²) in [5, 5.41) is 12.3. The molecule has 0 amide bonds. The van der Waals surface area contributed by atoms with Crippen LogP contribution in [0.5, 0.6) is 0 Å². The highest BCUT2D eigenvalue weighted by Crippen LogP contribution is 2.18. The summed E-state index contributed by atoms with van der Waals surface area (Å²) in [6.45, 7) is 3.27. The zero-order valence-corrected chi connectivity index (χ0v) is 11.9. The van der Waals surface area contributed by atoms with Crippen LogP contribution < -0.4 is 4.72 Å². The van der Waals surface area contributed by atoms with Crippen molar-refractivity contribution in [2.24, 2.45) is 0 Å². The summed E-state index contributed by atoms with van der Waals surface area (Å²) in [7, 11) is -3.66. The van der Waals surface area contributed by atoms with Crippen molar-refractivity contribution in [1.82, 2.24) is 9.88 Å². The van der Waals surface area contributed by atoms with E-state index < -0.39 is 10.0 Å². The number of benzene rings is 1.